The zero-order valence-electron chi connectivity index (χ0n) is 17.7. The zero-order valence-corrected chi connectivity index (χ0v) is 20.1. The van der Waals surface area contributed by atoms with Gasteiger partial charge < -0.3 is 10.1 Å². The third-order valence-electron chi connectivity index (χ3n) is 4.78. The van der Waals surface area contributed by atoms with E-state index < -0.39 is 0 Å². The number of para-hydroxylation sites is 2. The molecule has 1 radical (unpaired) electrons. The van der Waals surface area contributed by atoms with Crippen LogP contribution in [0.5, 0.6) is 0 Å². The molecule has 161 valence electrons. The molecule has 2 aromatic heterocycles. The van der Waals surface area contributed by atoms with Gasteiger partial charge in [-0.2, -0.15) is 12.1 Å². The summed E-state index contributed by atoms with van der Waals surface area (Å²) in [6, 6.07) is 30.0. The van der Waals surface area contributed by atoms with Crippen LogP contribution in [0.25, 0.3) is 44.0 Å². The van der Waals surface area contributed by atoms with Gasteiger partial charge in [0.2, 0.25) is 0 Å². The van der Waals surface area contributed by atoms with Gasteiger partial charge in [0.15, 0.2) is 5.78 Å². The van der Waals surface area contributed by atoms with E-state index in [2.05, 4.69) is 42.5 Å². The van der Waals surface area contributed by atoms with Gasteiger partial charge in [-0.05, 0) is 48.1 Å². The standard InChI is InChI=1S/C22H13N2.C5H8O2.Ir/c1-5-11-19-15(7-1)13-14-21(23-19)22-18-10-3-2-8-16(18)17-9-4-6-12-20(17)24-22;1-4(6)3-5(2)7;/h1-13H;3,6H,1-2H3;/q-1;;/b;4-3-;. The van der Waals surface area contributed by atoms with E-state index in [9.17, 15) is 4.79 Å². The van der Waals surface area contributed by atoms with Gasteiger partial charge in [-0.15, -0.1) is 6.07 Å². The van der Waals surface area contributed by atoms with Crippen LogP contribution in [-0.4, -0.2) is 20.9 Å². The molecule has 5 heteroatoms. The number of pyridine rings is 2. The fraction of sp³-hybridized carbons (Fsp3) is 0.0741. The summed E-state index contributed by atoms with van der Waals surface area (Å²) in [6.45, 7) is 2.85. The van der Waals surface area contributed by atoms with E-state index in [4.69, 9.17) is 15.1 Å². The molecule has 0 amide bonds. The summed E-state index contributed by atoms with van der Waals surface area (Å²) < 4.78 is 0. The first-order valence-corrected chi connectivity index (χ1v) is 9.96. The van der Waals surface area contributed by atoms with Crippen molar-refractivity contribution in [3.63, 3.8) is 0 Å². The molecule has 1 N–H and O–H groups in total. The average Bonchev–Trinajstić information content (AvgIpc) is 2.78. The van der Waals surface area contributed by atoms with Crippen molar-refractivity contribution in [2.75, 3.05) is 0 Å². The van der Waals surface area contributed by atoms with Crippen LogP contribution in [0.2, 0.25) is 0 Å². The summed E-state index contributed by atoms with van der Waals surface area (Å²) in [6.07, 6.45) is 1.17. The molecule has 0 saturated carbocycles. The molecule has 4 nitrogen and oxygen atoms in total. The minimum Gasteiger partial charge on any atom is -0.512 e. The molecule has 0 unspecified atom stereocenters. The third-order valence-corrected chi connectivity index (χ3v) is 4.78. The fourth-order valence-electron chi connectivity index (χ4n) is 3.51. The Labute approximate surface area is 200 Å². The molecule has 5 aromatic rings. The molecule has 3 aromatic carbocycles. The minimum atomic E-state index is -0.125. The maximum Gasteiger partial charge on any atom is 0.155 e. The van der Waals surface area contributed by atoms with Gasteiger partial charge in [-0.3, -0.25) is 9.78 Å². The molecular formula is C27H21IrN2O2-. The number of fused-ring (bicyclic) bond motifs is 4. The van der Waals surface area contributed by atoms with Crippen molar-refractivity contribution in [1.29, 1.82) is 0 Å². The van der Waals surface area contributed by atoms with E-state index in [0.29, 0.717) is 0 Å². The molecule has 32 heavy (non-hydrogen) atoms. The summed E-state index contributed by atoms with van der Waals surface area (Å²) >= 11 is 0. The van der Waals surface area contributed by atoms with Gasteiger partial charge in [0, 0.05) is 37.1 Å². The normalized spacial score (nSPS) is 11.0. The van der Waals surface area contributed by atoms with Crippen molar-refractivity contribution in [2.24, 2.45) is 0 Å². The van der Waals surface area contributed by atoms with E-state index in [1.165, 1.54) is 25.3 Å². The largest absolute Gasteiger partial charge is 0.512 e. The number of hydrogen-bond acceptors (Lipinski definition) is 4. The number of benzene rings is 3. The van der Waals surface area contributed by atoms with Crippen LogP contribution >= 0.6 is 0 Å². The van der Waals surface area contributed by atoms with Crippen molar-refractivity contribution in [3.8, 4) is 11.4 Å². The quantitative estimate of drug-likeness (QED) is 0.110. The molecule has 0 saturated heterocycles. The van der Waals surface area contributed by atoms with Crippen LogP contribution < -0.4 is 0 Å². The average molecular weight is 598 g/mol. The van der Waals surface area contributed by atoms with Crippen LogP contribution in [0.1, 0.15) is 13.8 Å². The van der Waals surface area contributed by atoms with Crippen molar-refractivity contribution < 1.29 is 30.0 Å². The fourth-order valence-corrected chi connectivity index (χ4v) is 3.51. The first-order chi connectivity index (χ1) is 15.0. The first kappa shape index (κ1) is 23.3. The molecular weight excluding hydrogens is 577 g/mol. The van der Waals surface area contributed by atoms with Gasteiger partial charge in [0.1, 0.15) is 0 Å². The number of rotatable bonds is 2. The number of carbonyl (C=O) groups is 1. The van der Waals surface area contributed by atoms with Crippen molar-refractivity contribution in [3.05, 3.63) is 96.8 Å². The van der Waals surface area contributed by atoms with E-state index in [1.54, 1.807) is 0 Å². The number of hydrogen-bond donors (Lipinski definition) is 1. The van der Waals surface area contributed by atoms with Gasteiger partial charge in [0.25, 0.3) is 0 Å². The Balaban J connectivity index is 0.000000318. The van der Waals surface area contributed by atoms with Crippen molar-refractivity contribution >= 4 is 38.4 Å². The van der Waals surface area contributed by atoms with E-state index in [-0.39, 0.29) is 31.6 Å². The van der Waals surface area contributed by atoms with Gasteiger partial charge in [-0.25, -0.2) is 0 Å². The number of aliphatic hydroxyl groups excluding tert-OH is 1. The molecule has 2 heterocycles. The molecule has 0 atom stereocenters. The monoisotopic (exact) mass is 598 g/mol. The van der Waals surface area contributed by atoms with Crippen molar-refractivity contribution in [1.82, 2.24) is 9.97 Å². The molecule has 5 rings (SSSR count). The van der Waals surface area contributed by atoms with Gasteiger partial charge in [-0.1, -0.05) is 60.0 Å². The molecule has 0 bridgehead atoms. The Morgan fingerprint density at radius 1 is 0.812 bits per heavy atom. The maximum absolute atomic E-state index is 10.0. The second-order valence-corrected chi connectivity index (χ2v) is 7.23. The molecule has 0 spiro atoms. The van der Waals surface area contributed by atoms with Gasteiger partial charge >= 0.3 is 0 Å². The predicted octanol–water partition coefficient (Wildman–Crippen LogP) is 6.44. The Hall–Kier alpha value is -3.40. The van der Waals surface area contributed by atoms with E-state index in [0.717, 1.165) is 38.6 Å². The number of aromatic nitrogens is 2. The smallest absolute Gasteiger partial charge is 0.155 e. The Bertz CT molecular complexity index is 1440. The summed E-state index contributed by atoms with van der Waals surface area (Å²) in [7, 11) is 0. The third kappa shape index (κ3) is 5.08. The van der Waals surface area contributed by atoms with Crippen molar-refractivity contribution in [2.45, 2.75) is 13.8 Å². The topological polar surface area (TPSA) is 63.1 Å². The molecule has 0 aliphatic heterocycles. The molecule has 0 fully saturated rings. The summed E-state index contributed by atoms with van der Waals surface area (Å²) in [5.74, 6) is -0.0625. The Morgan fingerprint density at radius 3 is 2.06 bits per heavy atom. The van der Waals surface area contributed by atoms with Crippen LogP contribution in [0, 0.1) is 6.07 Å². The Kier molecular flexibility index (Phi) is 7.47. The van der Waals surface area contributed by atoms with Gasteiger partial charge in [0.05, 0.1) is 11.3 Å². The predicted molar refractivity (Wildman–Crippen MR) is 126 cm³/mol. The number of ketones is 1. The second-order valence-electron chi connectivity index (χ2n) is 7.23. The number of allylic oxidation sites excluding steroid dienone is 2. The first-order valence-electron chi connectivity index (χ1n) is 9.96. The summed E-state index contributed by atoms with van der Waals surface area (Å²) in [5, 5.41) is 12.9. The van der Waals surface area contributed by atoms with Crippen LogP contribution in [0.3, 0.4) is 0 Å². The Morgan fingerprint density at radius 2 is 1.41 bits per heavy atom. The number of carbonyl (C=O) groups excluding carboxylic acids is 1. The number of nitrogens with zero attached hydrogens (tertiary/aromatic N) is 2. The molecule has 0 aliphatic rings. The summed E-state index contributed by atoms with van der Waals surface area (Å²) in [4.78, 5) is 19.7. The number of aliphatic hydroxyl groups is 1. The van der Waals surface area contributed by atoms with Crippen LogP contribution in [0.15, 0.2) is 90.7 Å². The van der Waals surface area contributed by atoms with Crippen LogP contribution in [0.4, 0.5) is 0 Å². The minimum absolute atomic E-state index is 0. The second kappa shape index (κ2) is 10.3. The van der Waals surface area contributed by atoms with E-state index >= 15 is 0 Å². The zero-order chi connectivity index (χ0) is 21.8. The van der Waals surface area contributed by atoms with Crippen LogP contribution in [-0.2, 0) is 24.9 Å². The molecule has 0 aliphatic carbocycles. The summed E-state index contributed by atoms with van der Waals surface area (Å²) in [5.41, 5.74) is 3.62. The maximum atomic E-state index is 10.0. The SMILES string of the molecule is CC(=O)/C=C(/C)O.[Ir].[c-]1cc2ccccc2nc1-c1nc2ccccc2c2ccccc12. The van der Waals surface area contributed by atoms with E-state index in [1.807, 2.05) is 42.5 Å².